The number of H-pyrrole nitrogens is 1. The van der Waals surface area contributed by atoms with Gasteiger partial charge in [-0.15, -0.1) is 0 Å². The van der Waals surface area contributed by atoms with Crippen molar-refractivity contribution < 1.29 is 4.74 Å². The zero-order chi connectivity index (χ0) is 13.2. The second kappa shape index (κ2) is 4.45. The molecular weight excluding hydrogens is 244 g/mol. The third-order valence-corrected chi connectivity index (χ3v) is 2.70. The summed E-state index contributed by atoms with van der Waals surface area (Å²) in [5.41, 5.74) is 7.24. The summed E-state index contributed by atoms with van der Waals surface area (Å²) in [7, 11) is 1.61. The van der Waals surface area contributed by atoms with Crippen LogP contribution in [0.4, 0.5) is 17.5 Å². The highest BCUT2D eigenvalue weighted by Gasteiger charge is 2.08. The first kappa shape index (κ1) is 11.3. The standard InChI is InChI=1S/C12H12N6O/c1-19-10-5-8-7(6-15-18-8)4-9(10)16-11-2-3-14-12(13)17-11/h2-6H,1H3,(H,15,18)(H3,13,14,16,17). The summed E-state index contributed by atoms with van der Waals surface area (Å²) in [6, 6.07) is 5.53. The van der Waals surface area contributed by atoms with E-state index in [1.807, 2.05) is 12.1 Å². The molecule has 0 bridgehead atoms. The minimum Gasteiger partial charge on any atom is -0.494 e. The molecule has 19 heavy (non-hydrogen) atoms. The highest BCUT2D eigenvalue weighted by molar-refractivity contribution is 5.86. The van der Waals surface area contributed by atoms with Crippen molar-refractivity contribution in [2.24, 2.45) is 0 Å². The average Bonchev–Trinajstić information content (AvgIpc) is 2.85. The molecule has 0 unspecified atom stereocenters. The van der Waals surface area contributed by atoms with Crippen LogP contribution in [0.5, 0.6) is 5.75 Å². The summed E-state index contributed by atoms with van der Waals surface area (Å²) in [5, 5.41) is 11.0. The van der Waals surface area contributed by atoms with Gasteiger partial charge in [0.05, 0.1) is 24.5 Å². The molecule has 3 aromatic rings. The lowest BCUT2D eigenvalue weighted by Crippen LogP contribution is -2.00. The summed E-state index contributed by atoms with van der Waals surface area (Å²) in [6.07, 6.45) is 3.34. The van der Waals surface area contributed by atoms with Crippen molar-refractivity contribution in [3.05, 3.63) is 30.6 Å². The second-order valence-electron chi connectivity index (χ2n) is 3.93. The average molecular weight is 256 g/mol. The van der Waals surface area contributed by atoms with Gasteiger partial charge >= 0.3 is 0 Å². The zero-order valence-electron chi connectivity index (χ0n) is 10.2. The molecule has 2 aromatic heterocycles. The number of nitrogens with two attached hydrogens (primary N) is 1. The Morgan fingerprint density at radius 1 is 1.37 bits per heavy atom. The fourth-order valence-corrected chi connectivity index (χ4v) is 1.82. The summed E-state index contributed by atoms with van der Waals surface area (Å²) in [4.78, 5) is 7.93. The number of anilines is 3. The number of aromatic nitrogens is 4. The molecule has 0 aliphatic heterocycles. The molecule has 0 amide bonds. The number of nitrogen functional groups attached to an aromatic ring is 1. The molecule has 0 saturated carbocycles. The Kier molecular flexibility index (Phi) is 2.64. The van der Waals surface area contributed by atoms with E-state index in [9.17, 15) is 0 Å². The number of benzene rings is 1. The monoisotopic (exact) mass is 256 g/mol. The minimum absolute atomic E-state index is 0.216. The van der Waals surface area contributed by atoms with E-state index in [1.54, 1.807) is 25.6 Å². The molecule has 0 saturated heterocycles. The van der Waals surface area contributed by atoms with Crippen molar-refractivity contribution in [1.29, 1.82) is 0 Å². The fraction of sp³-hybridized carbons (Fsp3) is 0.0833. The topological polar surface area (TPSA) is 102 Å². The smallest absolute Gasteiger partial charge is 0.221 e. The highest BCUT2D eigenvalue weighted by atomic mass is 16.5. The molecule has 0 aliphatic rings. The zero-order valence-corrected chi connectivity index (χ0v) is 10.2. The molecule has 1 aromatic carbocycles. The van der Waals surface area contributed by atoms with Gasteiger partial charge in [0.25, 0.3) is 0 Å². The van der Waals surface area contributed by atoms with Crippen LogP contribution in [0.15, 0.2) is 30.6 Å². The lowest BCUT2D eigenvalue weighted by Gasteiger charge is -2.10. The van der Waals surface area contributed by atoms with Gasteiger partial charge in [-0.05, 0) is 12.1 Å². The Morgan fingerprint density at radius 3 is 3.05 bits per heavy atom. The SMILES string of the molecule is COc1cc2[nH]ncc2cc1Nc1ccnc(N)n1. The van der Waals surface area contributed by atoms with Crippen molar-refractivity contribution in [2.75, 3.05) is 18.2 Å². The number of aromatic amines is 1. The largest absolute Gasteiger partial charge is 0.494 e. The lowest BCUT2D eigenvalue weighted by molar-refractivity contribution is 0.417. The molecule has 2 heterocycles. The van der Waals surface area contributed by atoms with Gasteiger partial charge in [0.1, 0.15) is 11.6 Å². The van der Waals surface area contributed by atoms with E-state index < -0.39 is 0 Å². The van der Waals surface area contributed by atoms with E-state index in [4.69, 9.17) is 10.5 Å². The van der Waals surface area contributed by atoms with Crippen LogP contribution in [-0.2, 0) is 0 Å². The number of ether oxygens (including phenoxy) is 1. The number of nitrogens with zero attached hydrogens (tertiary/aromatic N) is 3. The molecule has 7 nitrogen and oxygen atoms in total. The molecule has 3 rings (SSSR count). The summed E-state index contributed by atoms with van der Waals surface area (Å²) in [6.45, 7) is 0. The van der Waals surface area contributed by atoms with Crippen LogP contribution in [0.2, 0.25) is 0 Å². The van der Waals surface area contributed by atoms with Crippen molar-refractivity contribution in [3.63, 3.8) is 0 Å². The maximum atomic E-state index is 5.55. The van der Waals surface area contributed by atoms with Gasteiger partial charge in [0.15, 0.2) is 0 Å². The Labute approximate surface area is 108 Å². The first-order valence-corrected chi connectivity index (χ1v) is 5.63. The fourth-order valence-electron chi connectivity index (χ4n) is 1.82. The third-order valence-electron chi connectivity index (χ3n) is 2.70. The van der Waals surface area contributed by atoms with Crippen LogP contribution in [0.25, 0.3) is 10.9 Å². The maximum absolute atomic E-state index is 5.55. The van der Waals surface area contributed by atoms with Crippen LogP contribution in [0.3, 0.4) is 0 Å². The third kappa shape index (κ3) is 2.13. The maximum Gasteiger partial charge on any atom is 0.221 e. The van der Waals surface area contributed by atoms with E-state index in [0.717, 1.165) is 16.6 Å². The number of hydrogen-bond donors (Lipinski definition) is 3. The first-order chi connectivity index (χ1) is 9.26. The number of fused-ring (bicyclic) bond motifs is 1. The lowest BCUT2D eigenvalue weighted by atomic mass is 10.2. The number of hydrogen-bond acceptors (Lipinski definition) is 6. The molecular formula is C12H12N6O. The van der Waals surface area contributed by atoms with E-state index >= 15 is 0 Å². The summed E-state index contributed by atoms with van der Waals surface area (Å²) >= 11 is 0. The van der Waals surface area contributed by atoms with Gasteiger partial charge in [0.2, 0.25) is 5.95 Å². The van der Waals surface area contributed by atoms with Crippen LogP contribution < -0.4 is 15.8 Å². The van der Waals surface area contributed by atoms with E-state index in [0.29, 0.717) is 11.6 Å². The van der Waals surface area contributed by atoms with Crippen LogP contribution in [-0.4, -0.2) is 27.3 Å². The number of methoxy groups -OCH3 is 1. The highest BCUT2D eigenvalue weighted by Crippen LogP contribution is 2.31. The van der Waals surface area contributed by atoms with Crippen LogP contribution in [0, 0.1) is 0 Å². The van der Waals surface area contributed by atoms with Gasteiger partial charge in [-0.1, -0.05) is 0 Å². The Bertz CT molecular complexity index is 723. The molecule has 0 spiro atoms. The van der Waals surface area contributed by atoms with Gasteiger partial charge < -0.3 is 15.8 Å². The second-order valence-corrected chi connectivity index (χ2v) is 3.93. The molecule has 0 fully saturated rings. The van der Waals surface area contributed by atoms with Gasteiger partial charge in [-0.3, -0.25) is 5.10 Å². The predicted octanol–water partition coefficient (Wildman–Crippen LogP) is 1.69. The number of nitrogens with one attached hydrogen (secondary N) is 2. The van der Waals surface area contributed by atoms with Crippen molar-refractivity contribution in [2.45, 2.75) is 0 Å². The first-order valence-electron chi connectivity index (χ1n) is 5.63. The normalized spacial score (nSPS) is 10.6. The molecule has 7 heteroatoms. The van der Waals surface area contributed by atoms with E-state index in [-0.39, 0.29) is 5.95 Å². The summed E-state index contributed by atoms with van der Waals surface area (Å²) in [5.74, 6) is 1.51. The van der Waals surface area contributed by atoms with Crippen LogP contribution in [0.1, 0.15) is 0 Å². The van der Waals surface area contributed by atoms with Crippen molar-refractivity contribution in [1.82, 2.24) is 20.2 Å². The molecule has 0 aliphatic carbocycles. The van der Waals surface area contributed by atoms with Gasteiger partial charge in [0, 0.05) is 17.6 Å². The summed E-state index contributed by atoms with van der Waals surface area (Å²) < 4.78 is 5.34. The van der Waals surface area contributed by atoms with E-state index in [1.165, 1.54) is 0 Å². The molecule has 4 N–H and O–H groups in total. The Balaban J connectivity index is 2.03. The molecule has 96 valence electrons. The van der Waals surface area contributed by atoms with Crippen LogP contribution >= 0.6 is 0 Å². The van der Waals surface area contributed by atoms with Crippen molar-refractivity contribution in [3.8, 4) is 5.75 Å². The van der Waals surface area contributed by atoms with Gasteiger partial charge in [-0.25, -0.2) is 4.98 Å². The van der Waals surface area contributed by atoms with Crippen molar-refractivity contribution >= 4 is 28.4 Å². The quantitative estimate of drug-likeness (QED) is 0.659. The molecule has 0 atom stereocenters. The van der Waals surface area contributed by atoms with E-state index in [2.05, 4.69) is 25.5 Å². The predicted molar refractivity (Wildman–Crippen MR) is 72.4 cm³/mol. The Hall–Kier alpha value is -2.83. The minimum atomic E-state index is 0.216. The Morgan fingerprint density at radius 2 is 2.26 bits per heavy atom. The number of rotatable bonds is 3. The van der Waals surface area contributed by atoms with Gasteiger partial charge in [-0.2, -0.15) is 10.1 Å². The molecule has 0 radical (unpaired) electrons.